The normalized spacial score (nSPS) is 10.0. The van der Waals surface area contributed by atoms with Crippen molar-refractivity contribution in [3.8, 4) is 16.9 Å². The molecule has 0 heterocycles. The highest BCUT2D eigenvalue weighted by atomic mass is 16.5. The fourth-order valence-corrected chi connectivity index (χ4v) is 2.00. The van der Waals surface area contributed by atoms with Crippen LogP contribution in [0.1, 0.15) is 20.7 Å². The van der Waals surface area contributed by atoms with E-state index in [-0.39, 0.29) is 5.56 Å². The summed E-state index contributed by atoms with van der Waals surface area (Å²) in [4.78, 5) is 22.7. The molecule has 0 aliphatic heterocycles. The molecule has 2 aromatic carbocycles. The van der Waals surface area contributed by atoms with Gasteiger partial charge in [-0.05, 0) is 35.9 Å². The van der Waals surface area contributed by atoms with Crippen LogP contribution < -0.4 is 4.74 Å². The molecule has 0 atom stereocenters. The average molecular weight is 286 g/mol. The first-order valence-electron chi connectivity index (χ1n) is 6.17. The molecule has 0 amide bonds. The van der Waals surface area contributed by atoms with Gasteiger partial charge in [-0.25, -0.2) is 9.59 Å². The van der Waals surface area contributed by atoms with E-state index in [1.165, 1.54) is 26.4 Å². The first kappa shape index (κ1) is 14.6. The van der Waals surface area contributed by atoms with Gasteiger partial charge in [0.1, 0.15) is 5.75 Å². The maximum Gasteiger partial charge on any atom is 0.337 e. The Kier molecular flexibility index (Phi) is 4.23. The van der Waals surface area contributed by atoms with Crippen LogP contribution in [0.25, 0.3) is 11.1 Å². The lowest BCUT2D eigenvalue weighted by Gasteiger charge is -2.10. The summed E-state index contributed by atoms with van der Waals surface area (Å²) in [7, 11) is 2.81. The molecule has 0 saturated heterocycles. The minimum atomic E-state index is -1.02. The van der Waals surface area contributed by atoms with Gasteiger partial charge in [0.15, 0.2) is 0 Å². The van der Waals surface area contributed by atoms with Gasteiger partial charge in [0, 0.05) is 5.56 Å². The summed E-state index contributed by atoms with van der Waals surface area (Å²) in [6.45, 7) is 0. The van der Waals surface area contributed by atoms with Crippen LogP contribution in [0.3, 0.4) is 0 Å². The van der Waals surface area contributed by atoms with E-state index in [4.69, 9.17) is 9.84 Å². The quantitative estimate of drug-likeness (QED) is 0.875. The first-order valence-corrected chi connectivity index (χ1v) is 6.17. The van der Waals surface area contributed by atoms with Crippen LogP contribution >= 0.6 is 0 Å². The smallest absolute Gasteiger partial charge is 0.337 e. The summed E-state index contributed by atoms with van der Waals surface area (Å²) in [5, 5.41) is 9.09. The number of aromatic carboxylic acids is 1. The van der Waals surface area contributed by atoms with Gasteiger partial charge >= 0.3 is 11.9 Å². The van der Waals surface area contributed by atoms with Crippen molar-refractivity contribution in [2.45, 2.75) is 0 Å². The maximum atomic E-state index is 11.6. The predicted octanol–water partition coefficient (Wildman–Crippen LogP) is 2.85. The second kappa shape index (κ2) is 6.09. The molecule has 0 bridgehead atoms. The summed E-state index contributed by atoms with van der Waals surface area (Å²) in [6.07, 6.45) is 0. The third-order valence-corrected chi connectivity index (χ3v) is 3.04. The molecule has 0 spiro atoms. The molecule has 1 N–H and O–H groups in total. The highest BCUT2D eigenvalue weighted by Gasteiger charge is 2.13. The molecule has 5 heteroatoms. The molecule has 0 radical (unpaired) electrons. The SMILES string of the molecule is COC(=O)c1cccc(-c2cc(C(=O)O)ccc2OC)c1. The molecule has 0 saturated carbocycles. The number of carboxylic acids is 1. The fourth-order valence-electron chi connectivity index (χ4n) is 2.00. The van der Waals surface area contributed by atoms with E-state index in [0.29, 0.717) is 22.4 Å². The third-order valence-electron chi connectivity index (χ3n) is 3.04. The van der Waals surface area contributed by atoms with E-state index < -0.39 is 11.9 Å². The lowest BCUT2D eigenvalue weighted by Crippen LogP contribution is -2.01. The molecule has 0 aromatic heterocycles. The molecule has 0 aliphatic carbocycles. The Hall–Kier alpha value is -2.82. The standard InChI is InChI=1S/C16H14O5/c1-20-14-7-6-11(15(17)18)9-13(14)10-4-3-5-12(8-10)16(19)21-2/h3-9H,1-2H3,(H,17,18). The Morgan fingerprint density at radius 3 is 2.38 bits per heavy atom. The second-order valence-electron chi connectivity index (χ2n) is 4.29. The molecule has 2 rings (SSSR count). The fraction of sp³-hybridized carbons (Fsp3) is 0.125. The van der Waals surface area contributed by atoms with Gasteiger partial charge in [0.2, 0.25) is 0 Å². The number of carboxylic acid groups (broad SMARTS) is 1. The van der Waals surface area contributed by atoms with Crippen molar-refractivity contribution in [2.24, 2.45) is 0 Å². The molecule has 0 unspecified atom stereocenters. The van der Waals surface area contributed by atoms with Crippen molar-refractivity contribution in [3.05, 3.63) is 53.6 Å². The van der Waals surface area contributed by atoms with Crippen molar-refractivity contribution >= 4 is 11.9 Å². The molecule has 2 aromatic rings. The third kappa shape index (κ3) is 3.02. The number of benzene rings is 2. The summed E-state index contributed by atoms with van der Waals surface area (Å²) in [6, 6.07) is 11.3. The monoisotopic (exact) mass is 286 g/mol. The van der Waals surface area contributed by atoms with Gasteiger partial charge < -0.3 is 14.6 Å². The number of hydrogen-bond donors (Lipinski definition) is 1. The highest BCUT2D eigenvalue weighted by molar-refractivity contribution is 5.93. The van der Waals surface area contributed by atoms with Gasteiger partial charge in [-0.15, -0.1) is 0 Å². The number of carbonyl (C=O) groups excluding carboxylic acids is 1. The predicted molar refractivity (Wildman–Crippen MR) is 76.7 cm³/mol. The van der Waals surface area contributed by atoms with Gasteiger partial charge in [-0.1, -0.05) is 12.1 Å². The van der Waals surface area contributed by atoms with Gasteiger partial charge in [0.05, 0.1) is 25.3 Å². The summed E-state index contributed by atoms with van der Waals surface area (Å²) < 4.78 is 9.93. The van der Waals surface area contributed by atoms with Crippen LogP contribution in [0.5, 0.6) is 5.75 Å². The Balaban J connectivity index is 2.57. The summed E-state index contributed by atoms with van der Waals surface area (Å²) in [5.74, 6) is -0.949. The highest BCUT2D eigenvalue weighted by Crippen LogP contribution is 2.31. The van der Waals surface area contributed by atoms with E-state index in [1.54, 1.807) is 30.3 Å². The van der Waals surface area contributed by atoms with Crippen molar-refractivity contribution in [2.75, 3.05) is 14.2 Å². The zero-order chi connectivity index (χ0) is 15.4. The lowest BCUT2D eigenvalue weighted by atomic mass is 10.00. The summed E-state index contributed by atoms with van der Waals surface area (Å²) in [5.41, 5.74) is 1.81. The lowest BCUT2D eigenvalue weighted by molar-refractivity contribution is 0.0599. The molecule has 0 aliphatic rings. The zero-order valence-corrected chi connectivity index (χ0v) is 11.6. The largest absolute Gasteiger partial charge is 0.496 e. The van der Waals surface area contributed by atoms with Gasteiger partial charge in [0.25, 0.3) is 0 Å². The van der Waals surface area contributed by atoms with Crippen LogP contribution in [0.4, 0.5) is 0 Å². The number of esters is 1. The Labute approximate surface area is 121 Å². The van der Waals surface area contributed by atoms with Crippen LogP contribution in [0.15, 0.2) is 42.5 Å². The minimum absolute atomic E-state index is 0.147. The minimum Gasteiger partial charge on any atom is -0.496 e. The first-order chi connectivity index (χ1) is 10.1. The Morgan fingerprint density at radius 1 is 1.00 bits per heavy atom. The molecular formula is C16H14O5. The van der Waals surface area contributed by atoms with Crippen LogP contribution in [-0.2, 0) is 4.74 Å². The molecule has 0 fully saturated rings. The molecule has 108 valence electrons. The Morgan fingerprint density at radius 2 is 1.76 bits per heavy atom. The number of hydrogen-bond acceptors (Lipinski definition) is 4. The number of ether oxygens (including phenoxy) is 2. The van der Waals surface area contributed by atoms with Crippen molar-refractivity contribution in [3.63, 3.8) is 0 Å². The maximum absolute atomic E-state index is 11.6. The van der Waals surface area contributed by atoms with E-state index >= 15 is 0 Å². The molecule has 5 nitrogen and oxygen atoms in total. The zero-order valence-electron chi connectivity index (χ0n) is 11.6. The van der Waals surface area contributed by atoms with E-state index in [1.807, 2.05) is 0 Å². The van der Waals surface area contributed by atoms with Crippen LogP contribution in [0.2, 0.25) is 0 Å². The van der Waals surface area contributed by atoms with Crippen LogP contribution in [-0.4, -0.2) is 31.3 Å². The van der Waals surface area contributed by atoms with Crippen molar-refractivity contribution in [1.29, 1.82) is 0 Å². The van der Waals surface area contributed by atoms with Crippen molar-refractivity contribution < 1.29 is 24.2 Å². The molecule has 21 heavy (non-hydrogen) atoms. The van der Waals surface area contributed by atoms with E-state index in [0.717, 1.165) is 0 Å². The summed E-state index contributed by atoms with van der Waals surface area (Å²) >= 11 is 0. The molecular weight excluding hydrogens is 272 g/mol. The van der Waals surface area contributed by atoms with E-state index in [9.17, 15) is 9.59 Å². The number of rotatable bonds is 4. The number of carbonyl (C=O) groups is 2. The number of methoxy groups -OCH3 is 2. The van der Waals surface area contributed by atoms with Crippen molar-refractivity contribution in [1.82, 2.24) is 0 Å². The van der Waals surface area contributed by atoms with E-state index in [2.05, 4.69) is 4.74 Å². The van der Waals surface area contributed by atoms with Gasteiger partial charge in [-0.3, -0.25) is 0 Å². The average Bonchev–Trinajstić information content (AvgIpc) is 2.53. The van der Waals surface area contributed by atoms with Gasteiger partial charge in [-0.2, -0.15) is 0 Å². The second-order valence-corrected chi connectivity index (χ2v) is 4.29. The Bertz CT molecular complexity index is 691. The van der Waals surface area contributed by atoms with Crippen LogP contribution in [0, 0.1) is 0 Å². The topological polar surface area (TPSA) is 72.8 Å².